The van der Waals surface area contributed by atoms with Crippen LogP contribution < -0.4 is 0 Å². The van der Waals surface area contributed by atoms with Crippen LogP contribution in [0.2, 0.25) is 0 Å². The van der Waals surface area contributed by atoms with Gasteiger partial charge in [0.2, 0.25) is 5.91 Å². The number of aromatic nitrogens is 1. The number of aryl methyl sites for hydroxylation is 1. The van der Waals surface area contributed by atoms with Crippen LogP contribution in [0.4, 0.5) is 0 Å². The molecule has 106 valence electrons. The Bertz CT molecular complexity index is 629. The Kier molecular flexibility index (Phi) is 5.05. The largest absolute Gasteiger partial charge is 0.341 e. The van der Waals surface area contributed by atoms with Gasteiger partial charge in [0.1, 0.15) is 0 Å². The molecular formula is C17H17N3O. The summed E-state index contributed by atoms with van der Waals surface area (Å²) < 4.78 is 0. The molecule has 0 atom stereocenters. The molecule has 0 aliphatic heterocycles. The summed E-state index contributed by atoms with van der Waals surface area (Å²) in [6.07, 6.45) is 4.63. The maximum atomic E-state index is 12.1. The van der Waals surface area contributed by atoms with Gasteiger partial charge >= 0.3 is 0 Å². The number of benzene rings is 1. The van der Waals surface area contributed by atoms with Crippen LogP contribution in [0.15, 0.2) is 48.8 Å². The van der Waals surface area contributed by atoms with E-state index in [1.54, 1.807) is 36.5 Å². The van der Waals surface area contributed by atoms with E-state index in [9.17, 15) is 4.79 Å². The Morgan fingerprint density at radius 1 is 1.24 bits per heavy atom. The van der Waals surface area contributed by atoms with E-state index in [1.165, 1.54) is 0 Å². The van der Waals surface area contributed by atoms with Crippen LogP contribution in [0.25, 0.3) is 0 Å². The van der Waals surface area contributed by atoms with Gasteiger partial charge in [0.15, 0.2) is 0 Å². The number of hydrogen-bond donors (Lipinski definition) is 0. The van der Waals surface area contributed by atoms with E-state index >= 15 is 0 Å². The second-order valence-corrected chi connectivity index (χ2v) is 4.92. The zero-order valence-corrected chi connectivity index (χ0v) is 12.0. The van der Waals surface area contributed by atoms with Crippen molar-refractivity contribution in [2.75, 3.05) is 7.05 Å². The minimum absolute atomic E-state index is 0.100. The monoisotopic (exact) mass is 279 g/mol. The van der Waals surface area contributed by atoms with Crippen molar-refractivity contribution in [3.8, 4) is 6.07 Å². The lowest BCUT2D eigenvalue weighted by molar-refractivity contribution is -0.130. The molecule has 0 radical (unpaired) electrons. The summed E-state index contributed by atoms with van der Waals surface area (Å²) in [6, 6.07) is 13.3. The molecule has 1 heterocycles. The third-order valence-electron chi connectivity index (χ3n) is 3.28. The van der Waals surface area contributed by atoms with Crippen molar-refractivity contribution in [1.29, 1.82) is 5.26 Å². The standard InChI is InChI=1S/C17H17N3O/c1-20(13-16-3-2-10-19-12-16)17(21)9-8-14-4-6-15(11-18)7-5-14/h2-7,10,12H,8-9,13H2,1H3. The predicted octanol–water partition coefficient (Wildman–Crippen LogP) is 2.54. The highest BCUT2D eigenvalue weighted by Gasteiger charge is 2.09. The molecule has 0 aliphatic carbocycles. The molecule has 2 aromatic rings. The van der Waals surface area contributed by atoms with Gasteiger partial charge in [-0.1, -0.05) is 18.2 Å². The summed E-state index contributed by atoms with van der Waals surface area (Å²) in [5, 5.41) is 8.74. The van der Waals surface area contributed by atoms with Crippen molar-refractivity contribution in [3.05, 3.63) is 65.5 Å². The Labute approximate surface area is 124 Å². The van der Waals surface area contributed by atoms with Crippen LogP contribution in [0, 0.1) is 11.3 Å². The molecule has 0 fully saturated rings. The quantitative estimate of drug-likeness (QED) is 0.845. The summed E-state index contributed by atoms with van der Waals surface area (Å²) in [4.78, 5) is 17.8. The first kappa shape index (κ1) is 14.7. The lowest BCUT2D eigenvalue weighted by Crippen LogP contribution is -2.26. The highest BCUT2D eigenvalue weighted by atomic mass is 16.2. The van der Waals surface area contributed by atoms with E-state index in [0.29, 0.717) is 24.9 Å². The number of nitrogens with zero attached hydrogens (tertiary/aromatic N) is 3. The first-order valence-electron chi connectivity index (χ1n) is 6.81. The van der Waals surface area contributed by atoms with Crippen molar-refractivity contribution in [1.82, 2.24) is 9.88 Å². The van der Waals surface area contributed by atoms with Crippen molar-refractivity contribution in [3.63, 3.8) is 0 Å². The molecule has 1 aromatic heterocycles. The molecule has 1 amide bonds. The van der Waals surface area contributed by atoms with Gasteiger partial charge in [0, 0.05) is 32.4 Å². The third kappa shape index (κ3) is 4.43. The maximum absolute atomic E-state index is 12.1. The minimum atomic E-state index is 0.100. The topological polar surface area (TPSA) is 57.0 Å². The SMILES string of the molecule is CN(Cc1cccnc1)C(=O)CCc1ccc(C#N)cc1. The smallest absolute Gasteiger partial charge is 0.222 e. The van der Waals surface area contributed by atoms with E-state index in [0.717, 1.165) is 11.1 Å². The van der Waals surface area contributed by atoms with E-state index in [1.807, 2.05) is 24.3 Å². The molecule has 2 rings (SSSR count). The first-order valence-corrected chi connectivity index (χ1v) is 6.81. The van der Waals surface area contributed by atoms with Crippen molar-refractivity contribution in [2.24, 2.45) is 0 Å². The average molecular weight is 279 g/mol. The fraction of sp³-hybridized carbons (Fsp3) is 0.235. The van der Waals surface area contributed by atoms with Gasteiger partial charge in [-0.15, -0.1) is 0 Å². The Hall–Kier alpha value is -2.67. The maximum Gasteiger partial charge on any atom is 0.222 e. The third-order valence-corrected chi connectivity index (χ3v) is 3.28. The molecule has 0 spiro atoms. The zero-order valence-electron chi connectivity index (χ0n) is 12.0. The van der Waals surface area contributed by atoms with Gasteiger partial charge in [-0.2, -0.15) is 5.26 Å². The molecule has 4 heteroatoms. The van der Waals surface area contributed by atoms with Crippen LogP contribution in [0.3, 0.4) is 0 Å². The number of pyridine rings is 1. The highest BCUT2D eigenvalue weighted by molar-refractivity contribution is 5.76. The van der Waals surface area contributed by atoms with Crippen molar-refractivity contribution < 1.29 is 4.79 Å². The molecule has 0 saturated heterocycles. The summed E-state index contributed by atoms with van der Waals surface area (Å²) in [6.45, 7) is 0.569. The minimum Gasteiger partial charge on any atom is -0.341 e. The summed E-state index contributed by atoms with van der Waals surface area (Å²) in [5.74, 6) is 0.100. The lowest BCUT2D eigenvalue weighted by Gasteiger charge is -2.17. The fourth-order valence-corrected chi connectivity index (χ4v) is 2.04. The first-order chi connectivity index (χ1) is 10.2. The molecule has 1 aromatic carbocycles. The number of carbonyl (C=O) groups is 1. The van der Waals surface area contributed by atoms with Crippen molar-refractivity contribution in [2.45, 2.75) is 19.4 Å². The lowest BCUT2D eigenvalue weighted by atomic mass is 10.1. The van der Waals surface area contributed by atoms with Gasteiger partial charge in [0.25, 0.3) is 0 Å². The van der Waals surface area contributed by atoms with E-state index in [-0.39, 0.29) is 5.91 Å². The molecule has 0 N–H and O–H groups in total. The van der Waals surface area contributed by atoms with E-state index < -0.39 is 0 Å². The second kappa shape index (κ2) is 7.20. The average Bonchev–Trinajstić information content (AvgIpc) is 2.54. The molecule has 0 saturated carbocycles. The molecule has 4 nitrogen and oxygen atoms in total. The Balaban J connectivity index is 1.84. The summed E-state index contributed by atoms with van der Waals surface area (Å²) in [7, 11) is 1.80. The molecule has 21 heavy (non-hydrogen) atoms. The van der Waals surface area contributed by atoms with Gasteiger partial charge < -0.3 is 4.90 Å². The van der Waals surface area contributed by atoms with Crippen LogP contribution in [0.5, 0.6) is 0 Å². The van der Waals surface area contributed by atoms with Crippen LogP contribution in [-0.4, -0.2) is 22.8 Å². The molecule has 0 bridgehead atoms. The Morgan fingerprint density at radius 3 is 2.62 bits per heavy atom. The Morgan fingerprint density at radius 2 is 2.00 bits per heavy atom. The number of rotatable bonds is 5. The molecule has 0 unspecified atom stereocenters. The number of hydrogen-bond acceptors (Lipinski definition) is 3. The number of carbonyl (C=O) groups excluding carboxylic acids is 1. The molecular weight excluding hydrogens is 262 g/mol. The molecule has 0 aliphatic rings. The predicted molar refractivity (Wildman–Crippen MR) is 80.2 cm³/mol. The van der Waals surface area contributed by atoms with Gasteiger partial charge in [-0.05, 0) is 35.7 Å². The summed E-state index contributed by atoms with van der Waals surface area (Å²) >= 11 is 0. The van der Waals surface area contributed by atoms with Gasteiger partial charge in [0.05, 0.1) is 11.6 Å². The van der Waals surface area contributed by atoms with E-state index in [4.69, 9.17) is 5.26 Å². The fourth-order valence-electron chi connectivity index (χ4n) is 2.04. The number of nitriles is 1. The highest BCUT2D eigenvalue weighted by Crippen LogP contribution is 2.08. The normalized spacial score (nSPS) is 9.90. The van der Waals surface area contributed by atoms with Gasteiger partial charge in [-0.25, -0.2) is 0 Å². The summed E-state index contributed by atoms with van der Waals surface area (Å²) in [5.41, 5.74) is 2.72. The van der Waals surface area contributed by atoms with Crippen molar-refractivity contribution >= 4 is 5.91 Å². The van der Waals surface area contributed by atoms with E-state index in [2.05, 4.69) is 11.1 Å². The van der Waals surface area contributed by atoms with Crippen LogP contribution >= 0.6 is 0 Å². The van der Waals surface area contributed by atoms with Crippen LogP contribution in [0.1, 0.15) is 23.1 Å². The number of amides is 1. The van der Waals surface area contributed by atoms with Crippen LogP contribution in [-0.2, 0) is 17.8 Å². The van der Waals surface area contributed by atoms with Gasteiger partial charge in [-0.3, -0.25) is 9.78 Å². The zero-order chi connectivity index (χ0) is 15.1. The second-order valence-electron chi connectivity index (χ2n) is 4.92.